The second-order valence-corrected chi connectivity index (χ2v) is 7.21. The average Bonchev–Trinajstić information content (AvgIpc) is 2.76. The molecule has 0 saturated carbocycles. The standard InChI is InChI=1S/C24H17NO4/c26-23-19-7-3-6-18(15-8-11-16(12-9-15)25(28)29)21(19)22-17-5-2-1-4-14(17)10-13-20(22)24(23)27/h1-13,23-24,26-27H/t23-,24-/m1/s1. The van der Waals surface area contributed by atoms with E-state index in [1.807, 2.05) is 54.6 Å². The minimum atomic E-state index is -1.04. The fraction of sp³-hybridized carbons (Fsp3) is 0.0833. The Labute approximate surface area is 166 Å². The summed E-state index contributed by atoms with van der Waals surface area (Å²) in [6.07, 6.45) is -2.06. The van der Waals surface area contributed by atoms with Gasteiger partial charge >= 0.3 is 0 Å². The van der Waals surface area contributed by atoms with Crippen LogP contribution in [0.1, 0.15) is 23.3 Å². The van der Waals surface area contributed by atoms with Gasteiger partial charge in [-0.05, 0) is 56.3 Å². The molecule has 0 saturated heterocycles. The van der Waals surface area contributed by atoms with Gasteiger partial charge in [0, 0.05) is 12.1 Å². The van der Waals surface area contributed by atoms with Crippen LogP contribution < -0.4 is 0 Å². The summed E-state index contributed by atoms with van der Waals surface area (Å²) in [5, 5.41) is 34.6. The first-order valence-corrected chi connectivity index (χ1v) is 9.32. The van der Waals surface area contributed by atoms with Crippen LogP contribution >= 0.6 is 0 Å². The molecule has 0 radical (unpaired) electrons. The Kier molecular flexibility index (Phi) is 3.94. The van der Waals surface area contributed by atoms with Crippen molar-refractivity contribution in [3.05, 3.63) is 100 Å². The van der Waals surface area contributed by atoms with Crippen LogP contribution in [0.4, 0.5) is 5.69 Å². The SMILES string of the molecule is O=[N+]([O-])c1ccc(-c2cccc3c2-c2c(ccc4ccccc24)[C@@H](O)[C@@H]3O)cc1. The van der Waals surface area contributed by atoms with Crippen molar-refractivity contribution in [1.82, 2.24) is 0 Å². The number of nitrogens with zero attached hydrogens (tertiary/aromatic N) is 1. The van der Waals surface area contributed by atoms with Gasteiger partial charge in [-0.3, -0.25) is 10.1 Å². The van der Waals surface area contributed by atoms with Gasteiger partial charge in [0.15, 0.2) is 0 Å². The Morgan fingerprint density at radius 1 is 0.724 bits per heavy atom. The third kappa shape index (κ3) is 2.63. The highest BCUT2D eigenvalue weighted by Gasteiger charge is 2.33. The normalized spacial score (nSPS) is 17.6. The fourth-order valence-electron chi connectivity index (χ4n) is 4.25. The second kappa shape index (κ2) is 6.51. The second-order valence-electron chi connectivity index (χ2n) is 7.21. The number of hydrogen-bond donors (Lipinski definition) is 2. The highest BCUT2D eigenvalue weighted by atomic mass is 16.6. The molecule has 5 rings (SSSR count). The molecule has 0 heterocycles. The smallest absolute Gasteiger partial charge is 0.269 e. The summed E-state index contributed by atoms with van der Waals surface area (Å²) in [6.45, 7) is 0. The summed E-state index contributed by atoms with van der Waals surface area (Å²) in [6, 6.07) is 23.7. The van der Waals surface area contributed by atoms with E-state index >= 15 is 0 Å². The van der Waals surface area contributed by atoms with Crippen LogP contribution in [-0.2, 0) is 0 Å². The molecule has 5 nitrogen and oxygen atoms in total. The van der Waals surface area contributed by atoms with Gasteiger partial charge in [-0.15, -0.1) is 0 Å². The lowest BCUT2D eigenvalue weighted by atomic mass is 9.77. The van der Waals surface area contributed by atoms with Gasteiger partial charge in [0.25, 0.3) is 5.69 Å². The molecule has 0 aliphatic heterocycles. The van der Waals surface area contributed by atoms with Crippen molar-refractivity contribution in [2.45, 2.75) is 12.2 Å². The minimum Gasteiger partial charge on any atom is -0.385 e. The zero-order chi connectivity index (χ0) is 20.1. The van der Waals surface area contributed by atoms with Crippen molar-refractivity contribution in [1.29, 1.82) is 0 Å². The molecule has 4 aromatic rings. The van der Waals surface area contributed by atoms with Gasteiger partial charge in [-0.1, -0.05) is 54.6 Å². The molecule has 5 heteroatoms. The summed E-state index contributed by atoms with van der Waals surface area (Å²) in [7, 11) is 0. The lowest BCUT2D eigenvalue weighted by Gasteiger charge is -2.31. The molecule has 0 bridgehead atoms. The largest absolute Gasteiger partial charge is 0.385 e. The first-order valence-electron chi connectivity index (χ1n) is 9.32. The summed E-state index contributed by atoms with van der Waals surface area (Å²) >= 11 is 0. The van der Waals surface area contributed by atoms with E-state index in [1.165, 1.54) is 12.1 Å². The van der Waals surface area contributed by atoms with E-state index in [0.717, 1.165) is 33.0 Å². The maximum absolute atomic E-state index is 11.0. The summed E-state index contributed by atoms with van der Waals surface area (Å²) in [5.74, 6) is 0. The number of aliphatic hydroxyl groups excluding tert-OH is 2. The first-order chi connectivity index (χ1) is 14.1. The topological polar surface area (TPSA) is 83.6 Å². The number of fused-ring (bicyclic) bond motifs is 5. The molecule has 4 aromatic carbocycles. The van der Waals surface area contributed by atoms with Crippen molar-refractivity contribution in [3.8, 4) is 22.3 Å². The molecule has 0 aromatic heterocycles. The Balaban J connectivity index is 1.84. The molecular formula is C24H17NO4. The molecule has 142 valence electrons. The molecular weight excluding hydrogens is 366 g/mol. The van der Waals surface area contributed by atoms with Gasteiger partial charge in [-0.25, -0.2) is 0 Å². The maximum Gasteiger partial charge on any atom is 0.269 e. The van der Waals surface area contributed by atoms with E-state index in [0.29, 0.717) is 11.1 Å². The van der Waals surface area contributed by atoms with Crippen LogP contribution in [0, 0.1) is 10.1 Å². The zero-order valence-corrected chi connectivity index (χ0v) is 15.3. The van der Waals surface area contributed by atoms with Crippen molar-refractivity contribution in [2.24, 2.45) is 0 Å². The van der Waals surface area contributed by atoms with Crippen molar-refractivity contribution >= 4 is 16.5 Å². The van der Waals surface area contributed by atoms with Crippen molar-refractivity contribution in [2.75, 3.05) is 0 Å². The number of hydrogen-bond acceptors (Lipinski definition) is 4. The molecule has 2 N–H and O–H groups in total. The molecule has 0 fully saturated rings. The van der Waals surface area contributed by atoms with E-state index < -0.39 is 17.1 Å². The predicted octanol–water partition coefficient (Wildman–Crippen LogP) is 5.16. The van der Waals surface area contributed by atoms with Gasteiger partial charge in [0.1, 0.15) is 12.2 Å². The lowest BCUT2D eigenvalue weighted by Crippen LogP contribution is -2.18. The Morgan fingerprint density at radius 2 is 1.41 bits per heavy atom. The van der Waals surface area contributed by atoms with E-state index in [4.69, 9.17) is 0 Å². The number of nitro groups is 1. The number of nitro benzene ring substituents is 1. The van der Waals surface area contributed by atoms with Crippen LogP contribution in [0.3, 0.4) is 0 Å². The van der Waals surface area contributed by atoms with E-state index in [1.54, 1.807) is 12.1 Å². The third-order valence-electron chi connectivity index (χ3n) is 5.63. The molecule has 29 heavy (non-hydrogen) atoms. The highest BCUT2D eigenvalue weighted by Crippen LogP contribution is 2.50. The van der Waals surface area contributed by atoms with Crippen molar-refractivity contribution in [3.63, 3.8) is 0 Å². The lowest BCUT2D eigenvalue weighted by molar-refractivity contribution is -0.384. The summed E-state index contributed by atoms with van der Waals surface area (Å²) in [5.41, 5.74) is 4.78. The number of rotatable bonds is 2. The summed E-state index contributed by atoms with van der Waals surface area (Å²) < 4.78 is 0. The van der Waals surface area contributed by atoms with E-state index in [-0.39, 0.29) is 5.69 Å². The van der Waals surface area contributed by atoms with Crippen LogP contribution in [0.2, 0.25) is 0 Å². The average molecular weight is 383 g/mol. The quantitative estimate of drug-likeness (QED) is 0.370. The molecule has 0 unspecified atom stereocenters. The van der Waals surface area contributed by atoms with Crippen LogP contribution in [0.5, 0.6) is 0 Å². The number of non-ortho nitro benzene ring substituents is 1. The summed E-state index contributed by atoms with van der Waals surface area (Å²) in [4.78, 5) is 10.6. The fourth-order valence-corrected chi connectivity index (χ4v) is 4.25. The molecule has 1 aliphatic carbocycles. The molecule has 2 atom stereocenters. The Bertz CT molecular complexity index is 1260. The monoisotopic (exact) mass is 383 g/mol. The number of benzene rings is 4. The van der Waals surface area contributed by atoms with E-state index in [9.17, 15) is 20.3 Å². The predicted molar refractivity (Wildman–Crippen MR) is 111 cm³/mol. The molecule has 0 amide bonds. The van der Waals surface area contributed by atoms with E-state index in [2.05, 4.69) is 0 Å². The molecule has 1 aliphatic rings. The zero-order valence-electron chi connectivity index (χ0n) is 15.3. The highest BCUT2D eigenvalue weighted by molar-refractivity contribution is 6.04. The number of aliphatic hydroxyl groups is 2. The maximum atomic E-state index is 11.0. The van der Waals surface area contributed by atoms with Crippen LogP contribution in [0.15, 0.2) is 78.9 Å². The Morgan fingerprint density at radius 3 is 2.14 bits per heavy atom. The van der Waals surface area contributed by atoms with Gasteiger partial charge < -0.3 is 10.2 Å². The van der Waals surface area contributed by atoms with Crippen LogP contribution in [-0.4, -0.2) is 15.1 Å². The van der Waals surface area contributed by atoms with Crippen LogP contribution in [0.25, 0.3) is 33.0 Å². The molecule has 0 spiro atoms. The van der Waals surface area contributed by atoms with Gasteiger partial charge in [0.2, 0.25) is 0 Å². The minimum absolute atomic E-state index is 0.0276. The Hall–Kier alpha value is -3.54. The third-order valence-corrected chi connectivity index (χ3v) is 5.63. The van der Waals surface area contributed by atoms with Gasteiger partial charge in [-0.2, -0.15) is 0 Å². The van der Waals surface area contributed by atoms with Gasteiger partial charge in [0.05, 0.1) is 4.92 Å². The first kappa shape index (κ1) is 17.6. The van der Waals surface area contributed by atoms with Crippen molar-refractivity contribution < 1.29 is 15.1 Å².